The van der Waals surface area contributed by atoms with Gasteiger partial charge in [0.25, 0.3) is 0 Å². The van der Waals surface area contributed by atoms with E-state index in [9.17, 15) is 0 Å². The third-order valence-corrected chi connectivity index (χ3v) is 3.75. The molecule has 1 heterocycles. The highest BCUT2D eigenvalue weighted by Crippen LogP contribution is 2.23. The van der Waals surface area contributed by atoms with Crippen molar-refractivity contribution in [3.63, 3.8) is 0 Å². The van der Waals surface area contributed by atoms with Crippen LogP contribution in [0, 0.1) is 5.92 Å². The molecule has 1 aromatic carbocycles. The summed E-state index contributed by atoms with van der Waals surface area (Å²) in [5.74, 6) is 2.38. The zero-order chi connectivity index (χ0) is 14.2. The summed E-state index contributed by atoms with van der Waals surface area (Å²) in [7, 11) is 3.32. The highest BCUT2D eigenvalue weighted by molar-refractivity contribution is 5.85. The molecule has 1 aromatic rings. The Morgan fingerprint density at radius 3 is 2.43 bits per heavy atom. The van der Waals surface area contributed by atoms with Crippen LogP contribution in [0.3, 0.4) is 0 Å². The molecule has 0 aromatic heterocycles. The molecule has 0 bridgehead atoms. The number of halogens is 1. The lowest BCUT2D eigenvalue weighted by Crippen LogP contribution is -2.30. The minimum absolute atomic E-state index is 0. The molecule has 0 saturated carbocycles. The van der Waals surface area contributed by atoms with E-state index in [2.05, 4.69) is 5.32 Å². The third kappa shape index (κ3) is 6.12. The van der Waals surface area contributed by atoms with Crippen LogP contribution in [0.4, 0.5) is 0 Å². The molecule has 1 unspecified atom stereocenters. The average molecular weight is 316 g/mol. The van der Waals surface area contributed by atoms with Crippen molar-refractivity contribution in [1.29, 1.82) is 0 Å². The Balaban J connectivity index is 0.00000220. The summed E-state index contributed by atoms with van der Waals surface area (Å²) < 4.78 is 16.3. The number of methoxy groups -OCH3 is 2. The number of benzene rings is 1. The van der Waals surface area contributed by atoms with Gasteiger partial charge in [-0.05, 0) is 56.0 Å². The van der Waals surface area contributed by atoms with Gasteiger partial charge in [0.2, 0.25) is 0 Å². The molecule has 0 amide bonds. The normalized spacial score (nSPS) is 17.9. The van der Waals surface area contributed by atoms with Gasteiger partial charge in [0, 0.05) is 12.7 Å². The smallest absolute Gasteiger partial charge is 0.122 e. The Hall–Kier alpha value is -0.970. The Morgan fingerprint density at radius 2 is 1.86 bits per heavy atom. The first kappa shape index (κ1) is 18.1. The predicted octanol–water partition coefficient (Wildman–Crippen LogP) is 3.03. The monoisotopic (exact) mass is 315 g/mol. The lowest BCUT2D eigenvalue weighted by molar-refractivity contribution is 0.103. The topological polar surface area (TPSA) is 39.7 Å². The zero-order valence-electron chi connectivity index (χ0n) is 12.9. The van der Waals surface area contributed by atoms with Crippen LogP contribution in [0.2, 0.25) is 0 Å². The maximum absolute atomic E-state index is 5.78. The van der Waals surface area contributed by atoms with E-state index in [1.165, 1.54) is 19.4 Å². The van der Waals surface area contributed by atoms with Crippen LogP contribution < -0.4 is 14.8 Å². The second kappa shape index (κ2) is 9.87. The van der Waals surface area contributed by atoms with Crippen molar-refractivity contribution in [2.75, 3.05) is 33.9 Å². The van der Waals surface area contributed by atoms with Crippen LogP contribution in [0.5, 0.6) is 11.5 Å². The largest absolute Gasteiger partial charge is 0.497 e. The highest BCUT2D eigenvalue weighted by Gasteiger charge is 2.12. The molecule has 0 aliphatic carbocycles. The summed E-state index contributed by atoms with van der Waals surface area (Å²) >= 11 is 0. The van der Waals surface area contributed by atoms with Gasteiger partial charge in [-0.1, -0.05) is 0 Å². The molecule has 5 heteroatoms. The molecule has 1 saturated heterocycles. The maximum Gasteiger partial charge on any atom is 0.122 e. The number of hydrogen-bond donors (Lipinski definition) is 1. The van der Waals surface area contributed by atoms with Crippen LogP contribution >= 0.6 is 12.4 Å². The van der Waals surface area contributed by atoms with Gasteiger partial charge in [-0.3, -0.25) is 0 Å². The number of rotatable bonds is 7. The lowest BCUT2D eigenvalue weighted by atomic mass is 9.97. The molecule has 120 valence electrons. The third-order valence-electron chi connectivity index (χ3n) is 3.75. The zero-order valence-corrected chi connectivity index (χ0v) is 13.7. The summed E-state index contributed by atoms with van der Waals surface area (Å²) in [6.07, 6.45) is 3.75. The number of hydrogen-bond acceptors (Lipinski definition) is 4. The summed E-state index contributed by atoms with van der Waals surface area (Å²) in [6, 6.07) is 5.85. The Labute approximate surface area is 133 Å². The van der Waals surface area contributed by atoms with Gasteiger partial charge in [-0.15, -0.1) is 12.4 Å². The summed E-state index contributed by atoms with van der Waals surface area (Å²) in [6.45, 7) is 3.72. The number of nitrogens with one attached hydrogen (secondary N) is 1. The van der Waals surface area contributed by atoms with Crippen molar-refractivity contribution < 1.29 is 14.2 Å². The van der Waals surface area contributed by atoms with E-state index in [0.717, 1.165) is 42.6 Å². The highest BCUT2D eigenvalue weighted by atomic mass is 35.5. The molecular formula is C16H26ClNO3. The first-order chi connectivity index (χ1) is 9.81. The summed E-state index contributed by atoms with van der Waals surface area (Å²) in [5.41, 5.74) is 1.09. The standard InChI is InChI=1S/C16H25NO3.ClH/c1-18-15-8-14(9-16(10-15)19-2)12-20-7-5-13-4-3-6-17-11-13;/h8-10,13,17H,3-7,11-12H2,1-2H3;1H. The Morgan fingerprint density at radius 1 is 1.14 bits per heavy atom. The van der Waals surface area contributed by atoms with Crippen LogP contribution in [-0.4, -0.2) is 33.9 Å². The fourth-order valence-electron chi connectivity index (χ4n) is 2.56. The van der Waals surface area contributed by atoms with Crippen molar-refractivity contribution in [2.24, 2.45) is 5.92 Å². The van der Waals surface area contributed by atoms with Gasteiger partial charge in [-0.2, -0.15) is 0 Å². The Bertz CT molecular complexity index is 386. The van der Waals surface area contributed by atoms with Crippen LogP contribution in [0.15, 0.2) is 18.2 Å². The number of ether oxygens (including phenoxy) is 3. The van der Waals surface area contributed by atoms with Gasteiger partial charge < -0.3 is 19.5 Å². The van der Waals surface area contributed by atoms with E-state index < -0.39 is 0 Å². The van der Waals surface area contributed by atoms with E-state index in [4.69, 9.17) is 14.2 Å². The molecule has 21 heavy (non-hydrogen) atoms. The van der Waals surface area contributed by atoms with Gasteiger partial charge >= 0.3 is 0 Å². The second-order valence-electron chi connectivity index (χ2n) is 5.27. The fourth-order valence-corrected chi connectivity index (χ4v) is 2.56. The Kier molecular flexibility index (Phi) is 8.50. The van der Waals surface area contributed by atoms with E-state index in [1.54, 1.807) is 14.2 Å². The quantitative estimate of drug-likeness (QED) is 0.785. The molecule has 2 rings (SSSR count). The van der Waals surface area contributed by atoms with Gasteiger partial charge in [0.15, 0.2) is 0 Å². The lowest BCUT2D eigenvalue weighted by Gasteiger charge is -2.22. The van der Waals surface area contributed by atoms with E-state index >= 15 is 0 Å². The van der Waals surface area contributed by atoms with E-state index in [1.807, 2.05) is 18.2 Å². The van der Waals surface area contributed by atoms with Crippen molar-refractivity contribution in [3.05, 3.63) is 23.8 Å². The first-order valence-corrected chi connectivity index (χ1v) is 7.32. The molecule has 1 N–H and O–H groups in total. The molecule has 1 atom stereocenters. The molecule has 1 aliphatic heterocycles. The molecule has 1 aliphatic rings. The minimum Gasteiger partial charge on any atom is -0.497 e. The fraction of sp³-hybridized carbons (Fsp3) is 0.625. The minimum atomic E-state index is 0. The second-order valence-corrected chi connectivity index (χ2v) is 5.27. The SMILES string of the molecule is COc1cc(COCCC2CCCNC2)cc(OC)c1.Cl. The number of piperidine rings is 1. The summed E-state index contributed by atoms with van der Waals surface area (Å²) in [5, 5.41) is 3.43. The van der Waals surface area contributed by atoms with Crippen LogP contribution in [0.25, 0.3) is 0 Å². The van der Waals surface area contributed by atoms with Gasteiger partial charge in [0.05, 0.1) is 20.8 Å². The molecule has 4 nitrogen and oxygen atoms in total. The average Bonchev–Trinajstić information content (AvgIpc) is 2.52. The molecular weight excluding hydrogens is 290 g/mol. The predicted molar refractivity (Wildman–Crippen MR) is 86.7 cm³/mol. The van der Waals surface area contributed by atoms with Crippen molar-refractivity contribution in [1.82, 2.24) is 5.32 Å². The van der Waals surface area contributed by atoms with E-state index in [-0.39, 0.29) is 12.4 Å². The molecule has 0 spiro atoms. The first-order valence-electron chi connectivity index (χ1n) is 7.32. The van der Waals surface area contributed by atoms with Crippen molar-refractivity contribution in [2.45, 2.75) is 25.9 Å². The van der Waals surface area contributed by atoms with Crippen LogP contribution in [-0.2, 0) is 11.3 Å². The van der Waals surface area contributed by atoms with Gasteiger partial charge in [-0.25, -0.2) is 0 Å². The molecule has 0 radical (unpaired) electrons. The van der Waals surface area contributed by atoms with Gasteiger partial charge in [0.1, 0.15) is 11.5 Å². The van der Waals surface area contributed by atoms with Crippen LogP contribution in [0.1, 0.15) is 24.8 Å². The summed E-state index contributed by atoms with van der Waals surface area (Å²) in [4.78, 5) is 0. The van der Waals surface area contributed by atoms with E-state index in [0.29, 0.717) is 6.61 Å². The van der Waals surface area contributed by atoms with Crippen molar-refractivity contribution >= 4 is 12.4 Å². The van der Waals surface area contributed by atoms with Crippen molar-refractivity contribution in [3.8, 4) is 11.5 Å². The maximum atomic E-state index is 5.78. The molecule has 1 fully saturated rings.